The van der Waals surface area contributed by atoms with Crippen molar-refractivity contribution in [2.75, 3.05) is 12.3 Å². The first-order chi connectivity index (χ1) is 17.8. The number of sulfonamides is 1. The van der Waals surface area contributed by atoms with Gasteiger partial charge in [0.1, 0.15) is 6.26 Å². The molecule has 1 aromatic heterocycles. The number of nitrogens with one attached hydrogen (secondary N) is 1. The zero-order valence-corrected chi connectivity index (χ0v) is 21.0. The summed E-state index contributed by atoms with van der Waals surface area (Å²) in [5, 5.41) is 13.9. The Labute approximate surface area is 216 Å². The Kier molecular flexibility index (Phi) is 8.82. The summed E-state index contributed by atoms with van der Waals surface area (Å²) >= 11 is 0. The molecule has 3 aromatic rings. The molecule has 1 amide bonds. The van der Waals surface area contributed by atoms with Gasteiger partial charge in [0.05, 0.1) is 36.0 Å². The SMILES string of the molecule is Nc1ccc(S(=O)(=O)N(C[C@@H](O)[C@H](Cc2ccccc2)NC(=O)Oc2ccoc2)OC2CCCC2)cc1. The van der Waals surface area contributed by atoms with E-state index in [0.29, 0.717) is 18.5 Å². The third-order valence-corrected chi connectivity index (χ3v) is 7.76. The summed E-state index contributed by atoms with van der Waals surface area (Å²) in [4.78, 5) is 18.5. The number of carbonyl (C=O) groups excluding carboxylic acids is 1. The number of benzene rings is 2. The molecule has 1 fully saturated rings. The second-order valence-corrected chi connectivity index (χ2v) is 10.8. The predicted octanol–water partition coefficient (Wildman–Crippen LogP) is 3.49. The lowest BCUT2D eigenvalue weighted by Crippen LogP contribution is -2.51. The highest BCUT2D eigenvalue weighted by molar-refractivity contribution is 7.89. The number of hydroxylamine groups is 1. The van der Waals surface area contributed by atoms with E-state index < -0.39 is 34.8 Å². The van der Waals surface area contributed by atoms with E-state index in [1.807, 2.05) is 30.3 Å². The van der Waals surface area contributed by atoms with Gasteiger partial charge in [-0.25, -0.2) is 13.2 Å². The quantitative estimate of drug-likeness (QED) is 0.253. The molecule has 0 unspecified atom stereocenters. The number of nitrogen functional groups attached to an aromatic ring is 1. The summed E-state index contributed by atoms with van der Waals surface area (Å²) in [6.07, 6.45) is 3.70. The van der Waals surface area contributed by atoms with Crippen LogP contribution in [0.1, 0.15) is 31.2 Å². The molecule has 198 valence electrons. The van der Waals surface area contributed by atoms with Gasteiger partial charge >= 0.3 is 6.09 Å². The Morgan fingerprint density at radius 1 is 1.11 bits per heavy atom. The third-order valence-electron chi connectivity index (χ3n) is 6.12. The molecule has 37 heavy (non-hydrogen) atoms. The summed E-state index contributed by atoms with van der Waals surface area (Å²) in [6, 6.07) is 15.6. The number of rotatable bonds is 11. The standard InChI is InChI=1S/C26H31N3O7S/c27-20-10-12-23(13-11-20)37(32,33)29(36-21-8-4-5-9-21)17-25(30)24(16-19-6-2-1-3-7-19)28-26(31)35-22-14-15-34-18-22/h1-3,6-7,10-15,18,21,24-25,30H,4-5,8-9,16-17,27H2,(H,28,31)/t24-,25+/m0/s1. The average molecular weight is 530 g/mol. The van der Waals surface area contributed by atoms with Crippen LogP contribution in [0.5, 0.6) is 5.75 Å². The first-order valence-corrected chi connectivity index (χ1v) is 13.5. The van der Waals surface area contributed by atoms with Crippen molar-refractivity contribution in [3.63, 3.8) is 0 Å². The van der Waals surface area contributed by atoms with Gasteiger partial charge in [0, 0.05) is 11.8 Å². The maximum absolute atomic E-state index is 13.5. The summed E-state index contributed by atoms with van der Waals surface area (Å²) in [7, 11) is -4.14. The van der Waals surface area contributed by atoms with Crippen molar-refractivity contribution in [1.82, 2.24) is 9.79 Å². The lowest BCUT2D eigenvalue weighted by Gasteiger charge is -2.30. The number of ether oxygens (including phenoxy) is 1. The van der Waals surface area contributed by atoms with Crippen LogP contribution in [0.4, 0.5) is 10.5 Å². The second-order valence-electron chi connectivity index (χ2n) is 8.93. The minimum atomic E-state index is -4.14. The van der Waals surface area contributed by atoms with Crippen molar-refractivity contribution < 1.29 is 32.3 Å². The molecule has 2 atom stereocenters. The Morgan fingerprint density at radius 2 is 1.81 bits per heavy atom. The van der Waals surface area contributed by atoms with E-state index in [-0.39, 0.29) is 23.2 Å². The van der Waals surface area contributed by atoms with Gasteiger partial charge in [0.15, 0.2) is 5.75 Å². The lowest BCUT2D eigenvalue weighted by atomic mass is 10.0. The second kappa shape index (κ2) is 12.2. The minimum Gasteiger partial charge on any atom is -0.469 e. The molecule has 0 spiro atoms. The fourth-order valence-corrected chi connectivity index (χ4v) is 5.44. The summed E-state index contributed by atoms with van der Waals surface area (Å²) in [5.74, 6) is 0.197. The first-order valence-electron chi connectivity index (χ1n) is 12.1. The smallest absolute Gasteiger partial charge is 0.413 e. The third kappa shape index (κ3) is 7.32. The molecule has 2 aromatic carbocycles. The van der Waals surface area contributed by atoms with E-state index in [0.717, 1.165) is 22.9 Å². The highest BCUT2D eigenvalue weighted by atomic mass is 32.2. The molecule has 0 saturated heterocycles. The Bertz CT molecular complexity index is 1230. The number of carbonyl (C=O) groups is 1. The van der Waals surface area contributed by atoms with Crippen LogP contribution in [0.25, 0.3) is 0 Å². The van der Waals surface area contributed by atoms with E-state index in [1.165, 1.54) is 42.9 Å². The van der Waals surface area contributed by atoms with Crippen molar-refractivity contribution in [2.24, 2.45) is 0 Å². The summed E-state index contributed by atoms with van der Waals surface area (Å²) < 4.78 is 38.0. The monoisotopic (exact) mass is 529 g/mol. The predicted molar refractivity (Wildman–Crippen MR) is 136 cm³/mol. The zero-order chi connectivity index (χ0) is 26.3. The molecule has 0 aliphatic heterocycles. The first kappa shape index (κ1) is 26.7. The molecular weight excluding hydrogens is 498 g/mol. The minimum absolute atomic E-state index is 0.0150. The van der Waals surface area contributed by atoms with Crippen LogP contribution in [0.15, 0.2) is 82.5 Å². The zero-order valence-electron chi connectivity index (χ0n) is 20.2. The van der Waals surface area contributed by atoms with Crippen LogP contribution in [0.3, 0.4) is 0 Å². The number of aliphatic hydroxyl groups is 1. The van der Waals surface area contributed by atoms with Crippen LogP contribution >= 0.6 is 0 Å². The van der Waals surface area contributed by atoms with Crippen LogP contribution < -0.4 is 15.8 Å². The van der Waals surface area contributed by atoms with Gasteiger partial charge in [-0.1, -0.05) is 47.6 Å². The summed E-state index contributed by atoms with van der Waals surface area (Å²) in [5.41, 5.74) is 6.98. The van der Waals surface area contributed by atoms with Gasteiger partial charge in [-0.2, -0.15) is 0 Å². The van der Waals surface area contributed by atoms with Crippen molar-refractivity contribution in [3.8, 4) is 5.75 Å². The topological polar surface area (TPSA) is 144 Å². The molecule has 1 saturated carbocycles. The number of aliphatic hydroxyl groups excluding tert-OH is 1. The molecule has 4 rings (SSSR count). The van der Waals surface area contributed by atoms with Crippen molar-refractivity contribution >= 4 is 21.8 Å². The highest BCUT2D eigenvalue weighted by Crippen LogP contribution is 2.26. The van der Waals surface area contributed by atoms with E-state index in [1.54, 1.807) is 0 Å². The van der Waals surface area contributed by atoms with Crippen molar-refractivity contribution in [1.29, 1.82) is 0 Å². The molecule has 0 bridgehead atoms. The van der Waals surface area contributed by atoms with Gasteiger partial charge in [-0.05, 0) is 49.1 Å². The molecule has 11 heteroatoms. The van der Waals surface area contributed by atoms with Gasteiger partial charge in [0.2, 0.25) is 0 Å². The number of nitrogens with two attached hydrogens (primary N) is 1. The Morgan fingerprint density at radius 3 is 2.46 bits per heavy atom. The number of amides is 1. The summed E-state index contributed by atoms with van der Waals surface area (Å²) in [6.45, 7) is -0.410. The normalized spacial score (nSPS) is 15.9. The maximum Gasteiger partial charge on any atom is 0.413 e. The van der Waals surface area contributed by atoms with E-state index in [2.05, 4.69) is 5.32 Å². The fraction of sp³-hybridized carbons (Fsp3) is 0.346. The Balaban J connectivity index is 1.56. The largest absolute Gasteiger partial charge is 0.469 e. The Hall–Kier alpha value is -3.38. The number of anilines is 1. The van der Waals surface area contributed by atoms with Crippen LogP contribution in [-0.4, -0.2) is 48.9 Å². The van der Waals surface area contributed by atoms with Crippen LogP contribution in [0, 0.1) is 0 Å². The molecule has 0 radical (unpaired) electrons. The van der Waals surface area contributed by atoms with Gasteiger partial charge in [-0.15, -0.1) is 0 Å². The van der Waals surface area contributed by atoms with E-state index in [4.69, 9.17) is 19.7 Å². The van der Waals surface area contributed by atoms with Crippen molar-refractivity contribution in [2.45, 2.75) is 55.2 Å². The fourth-order valence-electron chi connectivity index (χ4n) is 4.14. The molecule has 4 N–H and O–H groups in total. The molecular formula is C26H31N3O7S. The molecule has 1 aliphatic carbocycles. The molecule has 1 heterocycles. The van der Waals surface area contributed by atoms with Gasteiger partial charge in [0.25, 0.3) is 10.0 Å². The number of nitrogens with zero attached hydrogens (tertiary/aromatic N) is 1. The van der Waals surface area contributed by atoms with Gasteiger partial charge in [-0.3, -0.25) is 4.84 Å². The maximum atomic E-state index is 13.5. The van der Waals surface area contributed by atoms with E-state index in [9.17, 15) is 18.3 Å². The average Bonchev–Trinajstić information content (AvgIpc) is 3.58. The van der Waals surface area contributed by atoms with Crippen molar-refractivity contribution in [3.05, 3.63) is 78.8 Å². The molecule has 10 nitrogen and oxygen atoms in total. The van der Waals surface area contributed by atoms with Crippen LogP contribution in [0.2, 0.25) is 0 Å². The lowest BCUT2D eigenvalue weighted by molar-refractivity contribution is -0.145. The number of hydrogen-bond donors (Lipinski definition) is 3. The highest BCUT2D eigenvalue weighted by Gasteiger charge is 2.34. The number of furan rings is 1. The number of hydrogen-bond acceptors (Lipinski definition) is 8. The molecule has 1 aliphatic rings. The van der Waals surface area contributed by atoms with E-state index >= 15 is 0 Å². The van der Waals surface area contributed by atoms with Gasteiger partial charge < -0.3 is 25.3 Å². The van der Waals surface area contributed by atoms with Crippen LogP contribution in [-0.2, 0) is 21.3 Å².